The van der Waals surface area contributed by atoms with Gasteiger partial charge in [-0.2, -0.15) is 0 Å². The second-order valence-electron chi connectivity index (χ2n) is 8.88. The number of esters is 4. The molecule has 7 atom stereocenters. The topological polar surface area (TPSA) is 105 Å². The van der Waals surface area contributed by atoms with Gasteiger partial charge in [0.2, 0.25) is 0 Å². The average molecular weight is 666 g/mol. The van der Waals surface area contributed by atoms with Crippen molar-refractivity contribution in [1.29, 1.82) is 0 Å². The van der Waals surface area contributed by atoms with Crippen molar-refractivity contribution in [1.82, 2.24) is 0 Å². The second-order valence-corrected chi connectivity index (χ2v) is 21.9. The molecular weight excluding hydrogens is 634 g/mol. The number of hydrogen-bond acceptors (Lipinski definition) is 8. The van der Waals surface area contributed by atoms with Crippen molar-refractivity contribution in [2.24, 2.45) is 23.7 Å². The van der Waals surface area contributed by atoms with E-state index in [1.165, 1.54) is 7.11 Å². The summed E-state index contributed by atoms with van der Waals surface area (Å²) in [4.78, 5) is 58.6. The van der Waals surface area contributed by atoms with E-state index in [0.717, 1.165) is 10.8 Å². The molecule has 0 spiro atoms. The minimum atomic E-state index is -1.56. The fourth-order valence-electron chi connectivity index (χ4n) is 4.88. The number of alkyl halides is 6. The zero-order valence-electron chi connectivity index (χ0n) is 18.8. The second kappa shape index (κ2) is 9.68. The predicted octanol–water partition coefficient (Wildman–Crippen LogP) is 2.10. The Morgan fingerprint density at radius 3 is 2.42 bits per heavy atom. The van der Waals surface area contributed by atoms with Crippen LogP contribution in [0.15, 0.2) is 0 Å². The molecule has 178 valence electrons. The summed E-state index contributed by atoms with van der Waals surface area (Å²) in [6.45, 7) is 1.49. The number of carbonyl (C=O) groups is 4. The fourth-order valence-corrected chi connectivity index (χ4v) is 10.5. The first kappa shape index (κ1) is 25.0. The third kappa shape index (κ3) is 4.70. The molecule has 2 saturated carbocycles. The number of fused-ring (bicyclic) bond motifs is 1. The molecule has 0 aromatic rings. The van der Waals surface area contributed by atoms with E-state index in [2.05, 4.69) is 19.7 Å². The Morgan fingerprint density at radius 2 is 1.84 bits per heavy atom. The van der Waals surface area contributed by atoms with E-state index in [-0.39, 0.29) is 17.8 Å². The Bertz CT molecular complexity index is 754. The molecule has 2 aliphatic carbocycles. The number of ether oxygens (including phenoxy) is 4. The first-order valence-electron chi connectivity index (χ1n) is 10.1. The van der Waals surface area contributed by atoms with Gasteiger partial charge in [-0.3, -0.25) is 0 Å². The molecule has 7 unspecified atom stereocenters. The van der Waals surface area contributed by atoms with Crippen LogP contribution in [0, 0.1) is 23.7 Å². The van der Waals surface area contributed by atoms with Gasteiger partial charge in [-0.05, 0) is 0 Å². The molecule has 10 heteroatoms. The van der Waals surface area contributed by atoms with Crippen LogP contribution < -0.4 is 0 Å². The number of carbonyl (C=O) groups excluding carboxylic acids is 4. The SMILES string of the molecule is COC(=O)C1C2CC3C(OC(=O)C31)C2OC(=O)COC(=O)C(C)(CCI(C)C)I(C)C. The molecule has 1 heterocycles. The van der Waals surface area contributed by atoms with Gasteiger partial charge >= 0.3 is 199 Å². The van der Waals surface area contributed by atoms with Gasteiger partial charge in [0.25, 0.3) is 0 Å². The molecule has 3 rings (SSSR count). The van der Waals surface area contributed by atoms with Crippen LogP contribution in [-0.2, 0) is 38.1 Å². The van der Waals surface area contributed by atoms with Crippen LogP contribution in [0.2, 0.25) is 0 Å². The van der Waals surface area contributed by atoms with Crippen molar-refractivity contribution in [3.05, 3.63) is 0 Å². The molecule has 8 nitrogen and oxygen atoms in total. The summed E-state index contributed by atoms with van der Waals surface area (Å²) in [6.07, 6.45) is 0.149. The third-order valence-electron chi connectivity index (χ3n) is 6.81. The van der Waals surface area contributed by atoms with Crippen molar-refractivity contribution in [3.63, 3.8) is 0 Å². The van der Waals surface area contributed by atoms with Crippen molar-refractivity contribution in [2.75, 3.05) is 37.9 Å². The summed E-state index contributed by atoms with van der Waals surface area (Å²) in [5, 5.41) is 0. The van der Waals surface area contributed by atoms with Crippen LogP contribution in [0.1, 0.15) is 19.8 Å². The van der Waals surface area contributed by atoms with Crippen molar-refractivity contribution in [3.8, 4) is 0 Å². The number of rotatable bonds is 9. The Labute approximate surface area is 197 Å². The van der Waals surface area contributed by atoms with Crippen LogP contribution in [-0.4, -0.2) is 77.4 Å². The molecule has 31 heavy (non-hydrogen) atoms. The van der Waals surface area contributed by atoms with E-state index in [0.29, 0.717) is 6.42 Å². The molecular formula is C21H32I2O8. The number of methoxy groups -OCH3 is 1. The first-order chi connectivity index (χ1) is 14.5. The Kier molecular flexibility index (Phi) is 7.80. The Balaban J connectivity index is 1.60. The summed E-state index contributed by atoms with van der Waals surface area (Å²) < 4.78 is 21.8. The van der Waals surface area contributed by atoms with Gasteiger partial charge in [0.1, 0.15) is 0 Å². The molecule has 1 saturated heterocycles. The molecule has 1 aliphatic heterocycles. The van der Waals surface area contributed by atoms with Crippen LogP contribution in [0.25, 0.3) is 0 Å². The monoisotopic (exact) mass is 666 g/mol. The molecule has 3 fully saturated rings. The normalized spacial score (nSPS) is 33.3. The Morgan fingerprint density at radius 1 is 1.16 bits per heavy atom. The first-order valence-corrected chi connectivity index (χ1v) is 21.4. The van der Waals surface area contributed by atoms with E-state index >= 15 is 0 Å². The summed E-state index contributed by atoms with van der Waals surface area (Å²) in [5.41, 5.74) is 0. The average Bonchev–Trinajstić information content (AvgIpc) is 3.33. The summed E-state index contributed by atoms with van der Waals surface area (Å²) >= 11 is -2.52. The number of halogens is 2. The molecule has 0 amide bonds. The van der Waals surface area contributed by atoms with Crippen LogP contribution >= 0.6 is 39.6 Å². The molecule has 0 radical (unpaired) electrons. The zero-order valence-corrected chi connectivity index (χ0v) is 23.1. The molecule has 2 bridgehead atoms. The molecule has 0 aromatic carbocycles. The van der Waals surface area contributed by atoms with E-state index in [4.69, 9.17) is 18.9 Å². The quantitative estimate of drug-likeness (QED) is 0.160. The van der Waals surface area contributed by atoms with Crippen LogP contribution in [0.4, 0.5) is 0 Å². The van der Waals surface area contributed by atoms with Gasteiger partial charge < -0.3 is 0 Å². The molecule has 3 aliphatic rings. The summed E-state index contributed by atoms with van der Waals surface area (Å²) in [5.74, 6) is -3.53. The van der Waals surface area contributed by atoms with E-state index in [9.17, 15) is 19.2 Å². The van der Waals surface area contributed by atoms with Crippen molar-refractivity contribution >= 4 is 63.5 Å². The van der Waals surface area contributed by atoms with Gasteiger partial charge in [-0.25, -0.2) is 0 Å². The maximum atomic E-state index is 12.8. The van der Waals surface area contributed by atoms with E-state index < -0.39 is 91.6 Å². The summed E-state index contributed by atoms with van der Waals surface area (Å²) in [6, 6.07) is 0. The van der Waals surface area contributed by atoms with Crippen LogP contribution in [0.3, 0.4) is 0 Å². The zero-order chi connectivity index (χ0) is 23.1. The van der Waals surface area contributed by atoms with Gasteiger partial charge in [-0.15, -0.1) is 0 Å². The minimum absolute atomic E-state index is 0.140. The van der Waals surface area contributed by atoms with Gasteiger partial charge in [-0.1, -0.05) is 0 Å². The van der Waals surface area contributed by atoms with Crippen LogP contribution in [0.5, 0.6) is 0 Å². The third-order valence-corrected chi connectivity index (χ3v) is 15.2. The van der Waals surface area contributed by atoms with Gasteiger partial charge in [0.15, 0.2) is 0 Å². The fraction of sp³-hybridized carbons (Fsp3) is 0.810. The Hall–Kier alpha value is -0.660. The van der Waals surface area contributed by atoms with Crippen molar-refractivity contribution < 1.29 is 38.1 Å². The van der Waals surface area contributed by atoms with Gasteiger partial charge in [0, 0.05) is 0 Å². The predicted molar refractivity (Wildman–Crippen MR) is 131 cm³/mol. The van der Waals surface area contributed by atoms with Crippen molar-refractivity contribution in [2.45, 2.75) is 35.4 Å². The van der Waals surface area contributed by atoms with E-state index in [1.54, 1.807) is 0 Å². The number of hydrogen-bond donors (Lipinski definition) is 0. The maximum absolute atomic E-state index is 12.8. The molecule has 0 aromatic heterocycles. The standard InChI is InChI=1S/C21H32I2O8/c1-21(23(4)5,7-8-22(2)3)20(27)29-10-13(24)30-16-11-9-12-15(14(11)18(25)28-6)19(26)31-17(12)16/h11-12,14-17H,7-10H2,1-6H3. The van der Waals surface area contributed by atoms with E-state index in [1.807, 2.05) is 6.92 Å². The molecule has 0 N–H and O–H groups in total. The summed E-state index contributed by atoms with van der Waals surface area (Å²) in [7, 11) is 1.28. The van der Waals surface area contributed by atoms with Gasteiger partial charge in [0.05, 0.1) is 0 Å².